The molecule has 1 saturated heterocycles. The number of amides is 2. The highest BCUT2D eigenvalue weighted by Crippen LogP contribution is 2.66. The van der Waals surface area contributed by atoms with Crippen LogP contribution >= 0.6 is 0 Å². The molecule has 3 atom stereocenters. The van der Waals surface area contributed by atoms with Crippen molar-refractivity contribution in [3.8, 4) is 0 Å². The number of hydrogen-bond donors (Lipinski definition) is 3. The third-order valence-corrected chi connectivity index (χ3v) is 6.97. The van der Waals surface area contributed by atoms with Crippen molar-refractivity contribution < 1.29 is 27.6 Å². The number of aromatic nitrogens is 2. The number of nitrogens with one attached hydrogen (secondary N) is 2. The lowest BCUT2D eigenvalue weighted by atomic mass is 9.49. The van der Waals surface area contributed by atoms with Crippen LogP contribution in [-0.2, 0) is 10.3 Å². The van der Waals surface area contributed by atoms with Gasteiger partial charge in [0.15, 0.2) is 0 Å². The largest absolute Gasteiger partial charge is 0.493 e. The standard InChI is InChI=1S/C18H20BF3N4O3/c1-10-16(3-5-26(9-16)15(27)25-8-18(20,21)22)7-17(10)13-11-2-4-23-14(11)24-6-12(13)19(28)29-17/h2,4,6,10,28H,3,5,7-9H2,1H3,(H,23,24)(H,25,27)/t10-,16?,17?/m0/s1. The van der Waals surface area contributed by atoms with E-state index in [2.05, 4.69) is 9.97 Å². The highest BCUT2D eigenvalue weighted by atomic mass is 19.4. The van der Waals surface area contributed by atoms with E-state index in [9.17, 15) is 23.0 Å². The highest BCUT2D eigenvalue weighted by Gasteiger charge is 2.68. The molecule has 1 saturated carbocycles. The fraction of sp³-hybridized carbons (Fsp3) is 0.556. The summed E-state index contributed by atoms with van der Waals surface area (Å²) in [7, 11) is -1.07. The van der Waals surface area contributed by atoms with E-state index in [0.29, 0.717) is 37.0 Å². The number of H-pyrrole nitrogens is 1. The Labute approximate surface area is 164 Å². The van der Waals surface area contributed by atoms with Crippen LogP contribution in [0.2, 0.25) is 0 Å². The molecular formula is C18H20BF3N4O3. The van der Waals surface area contributed by atoms with Gasteiger partial charge in [-0.05, 0) is 35.8 Å². The quantitative estimate of drug-likeness (QED) is 0.624. The van der Waals surface area contributed by atoms with Crippen molar-refractivity contribution in [2.45, 2.75) is 31.5 Å². The lowest BCUT2D eigenvalue weighted by Gasteiger charge is -2.59. The van der Waals surface area contributed by atoms with Crippen molar-refractivity contribution in [1.82, 2.24) is 20.2 Å². The van der Waals surface area contributed by atoms with E-state index in [0.717, 1.165) is 10.9 Å². The number of alkyl halides is 3. The summed E-state index contributed by atoms with van der Waals surface area (Å²) in [6.45, 7) is 1.46. The first-order valence-electron chi connectivity index (χ1n) is 9.57. The molecule has 0 bridgehead atoms. The van der Waals surface area contributed by atoms with E-state index in [1.54, 1.807) is 12.4 Å². The molecule has 2 aliphatic heterocycles. The fourth-order valence-corrected chi connectivity index (χ4v) is 5.50. The molecule has 2 aromatic heterocycles. The minimum absolute atomic E-state index is 0.0215. The maximum atomic E-state index is 12.4. The van der Waals surface area contributed by atoms with Crippen LogP contribution in [0.3, 0.4) is 0 Å². The monoisotopic (exact) mass is 408 g/mol. The van der Waals surface area contributed by atoms with Crippen LogP contribution in [0, 0.1) is 11.3 Å². The summed E-state index contributed by atoms with van der Waals surface area (Å²) in [5.74, 6) is -0.0215. The molecule has 1 aliphatic carbocycles. The van der Waals surface area contributed by atoms with Crippen LogP contribution in [-0.4, -0.2) is 58.9 Å². The molecule has 11 heteroatoms. The van der Waals surface area contributed by atoms with E-state index >= 15 is 0 Å². The average Bonchev–Trinajstić information content (AvgIpc) is 3.37. The number of aromatic amines is 1. The van der Waals surface area contributed by atoms with Gasteiger partial charge in [-0.15, -0.1) is 0 Å². The van der Waals surface area contributed by atoms with Gasteiger partial charge < -0.3 is 24.9 Å². The molecule has 3 N–H and O–H groups in total. The molecule has 2 amide bonds. The van der Waals surface area contributed by atoms with Gasteiger partial charge in [-0.2, -0.15) is 13.2 Å². The van der Waals surface area contributed by atoms with Gasteiger partial charge in [0.05, 0.1) is 5.60 Å². The van der Waals surface area contributed by atoms with Gasteiger partial charge in [-0.1, -0.05) is 6.92 Å². The third-order valence-electron chi connectivity index (χ3n) is 6.97. The Morgan fingerprint density at radius 3 is 3.07 bits per heavy atom. The Balaban J connectivity index is 1.38. The molecular weight excluding hydrogens is 388 g/mol. The van der Waals surface area contributed by atoms with E-state index < -0.39 is 31.5 Å². The zero-order valence-electron chi connectivity index (χ0n) is 15.7. The Kier molecular flexibility index (Phi) is 3.80. The number of nitrogens with zero attached hydrogens (tertiary/aromatic N) is 2. The molecule has 2 unspecified atom stereocenters. The zero-order chi connectivity index (χ0) is 20.6. The number of urea groups is 1. The second-order valence-electron chi connectivity index (χ2n) is 8.39. The molecule has 0 aromatic carbocycles. The second kappa shape index (κ2) is 5.88. The molecule has 2 spiro atoms. The average molecular weight is 408 g/mol. The minimum Gasteiger partial charge on any atom is -0.423 e. The Bertz CT molecular complexity index is 998. The number of hydrogen-bond acceptors (Lipinski definition) is 4. The summed E-state index contributed by atoms with van der Waals surface area (Å²) in [6, 6.07) is 1.21. The number of carbonyl (C=O) groups is 1. The predicted octanol–water partition coefficient (Wildman–Crippen LogP) is 1.48. The maximum absolute atomic E-state index is 12.4. The van der Waals surface area contributed by atoms with Gasteiger partial charge in [0.25, 0.3) is 0 Å². The Morgan fingerprint density at radius 1 is 1.55 bits per heavy atom. The normalized spacial score (nSPS) is 31.0. The topological polar surface area (TPSA) is 90.5 Å². The predicted molar refractivity (Wildman–Crippen MR) is 98.3 cm³/mol. The fourth-order valence-electron chi connectivity index (χ4n) is 5.50. The van der Waals surface area contributed by atoms with Crippen LogP contribution in [0.25, 0.3) is 11.0 Å². The minimum atomic E-state index is -4.44. The summed E-state index contributed by atoms with van der Waals surface area (Å²) in [5.41, 5.74) is 1.36. The van der Waals surface area contributed by atoms with E-state index in [-0.39, 0.29) is 11.3 Å². The molecule has 5 rings (SSSR count). The molecule has 4 heterocycles. The Hall–Kier alpha value is -2.27. The van der Waals surface area contributed by atoms with E-state index in [1.807, 2.05) is 18.3 Å². The van der Waals surface area contributed by atoms with Gasteiger partial charge >= 0.3 is 19.3 Å². The first-order valence-corrected chi connectivity index (χ1v) is 9.57. The van der Waals surface area contributed by atoms with Crippen molar-refractivity contribution in [2.24, 2.45) is 11.3 Å². The van der Waals surface area contributed by atoms with Crippen molar-refractivity contribution in [2.75, 3.05) is 19.6 Å². The van der Waals surface area contributed by atoms with Crippen LogP contribution in [0.4, 0.5) is 18.0 Å². The highest BCUT2D eigenvalue weighted by molar-refractivity contribution is 6.62. The number of pyridine rings is 1. The molecule has 0 radical (unpaired) electrons. The van der Waals surface area contributed by atoms with Crippen molar-refractivity contribution in [1.29, 1.82) is 0 Å². The van der Waals surface area contributed by atoms with E-state index in [4.69, 9.17) is 4.65 Å². The number of likely N-dealkylation sites (tertiary alicyclic amines) is 1. The molecule has 154 valence electrons. The van der Waals surface area contributed by atoms with Crippen LogP contribution in [0.1, 0.15) is 25.3 Å². The van der Waals surface area contributed by atoms with Gasteiger partial charge in [0.2, 0.25) is 0 Å². The Morgan fingerprint density at radius 2 is 2.34 bits per heavy atom. The number of carbonyl (C=O) groups excluding carboxylic acids is 1. The van der Waals surface area contributed by atoms with Crippen LogP contribution < -0.4 is 10.8 Å². The summed E-state index contributed by atoms with van der Waals surface area (Å²) >= 11 is 0. The van der Waals surface area contributed by atoms with Gasteiger partial charge in [-0.3, -0.25) is 0 Å². The zero-order valence-corrected chi connectivity index (χ0v) is 15.7. The molecule has 29 heavy (non-hydrogen) atoms. The second-order valence-corrected chi connectivity index (χ2v) is 8.39. The molecule has 2 fully saturated rings. The summed E-state index contributed by atoms with van der Waals surface area (Å²) in [6.07, 6.45) is 0.257. The van der Waals surface area contributed by atoms with Crippen molar-refractivity contribution >= 4 is 29.6 Å². The van der Waals surface area contributed by atoms with E-state index in [1.165, 1.54) is 4.90 Å². The SMILES string of the molecule is C[C@H]1C2(CCN(C(=O)NCC(F)(F)F)C2)CC12OB(O)c1cnc3[nH]ccc3c12. The van der Waals surface area contributed by atoms with Gasteiger partial charge in [0, 0.05) is 36.3 Å². The number of halogens is 3. The molecule has 2 aromatic rings. The number of rotatable bonds is 1. The van der Waals surface area contributed by atoms with Crippen molar-refractivity contribution in [3.05, 3.63) is 24.0 Å². The number of fused-ring (bicyclic) bond motifs is 4. The lowest BCUT2D eigenvalue weighted by molar-refractivity contribution is -0.171. The first kappa shape index (κ1) is 18.7. The van der Waals surface area contributed by atoms with Crippen LogP contribution in [0.15, 0.2) is 18.5 Å². The van der Waals surface area contributed by atoms with Gasteiger partial charge in [-0.25, -0.2) is 9.78 Å². The van der Waals surface area contributed by atoms with Crippen molar-refractivity contribution in [3.63, 3.8) is 0 Å². The summed E-state index contributed by atoms with van der Waals surface area (Å²) < 4.78 is 43.2. The summed E-state index contributed by atoms with van der Waals surface area (Å²) in [5, 5.41) is 13.3. The van der Waals surface area contributed by atoms with Gasteiger partial charge in [0.1, 0.15) is 12.2 Å². The molecule has 3 aliphatic rings. The third kappa shape index (κ3) is 2.60. The maximum Gasteiger partial charge on any atom is 0.493 e. The lowest BCUT2D eigenvalue weighted by Crippen LogP contribution is -2.60. The molecule has 7 nitrogen and oxygen atoms in total. The smallest absolute Gasteiger partial charge is 0.423 e. The first-order chi connectivity index (χ1) is 13.7. The van der Waals surface area contributed by atoms with Crippen LogP contribution in [0.5, 0.6) is 0 Å². The summed E-state index contributed by atoms with van der Waals surface area (Å²) in [4.78, 5) is 21.0.